The minimum absolute atomic E-state index is 0.0396. The maximum absolute atomic E-state index is 14.4. The highest BCUT2D eigenvalue weighted by molar-refractivity contribution is 5.77. The van der Waals surface area contributed by atoms with Crippen molar-refractivity contribution >= 4 is 28.4 Å². The minimum Gasteiger partial charge on any atom is -0.372 e. The van der Waals surface area contributed by atoms with Crippen LogP contribution >= 0.6 is 0 Å². The van der Waals surface area contributed by atoms with Gasteiger partial charge in [0.05, 0.1) is 17.9 Å². The van der Waals surface area contributed by atoms with E-state index in [9.17, 15) is 4.79 Å². The summed E-state index contributed by atoms with van der Waals surface area (Å²) in [6.45, 7) is 3.29. The molecule has 2 saturated heterocycles. The molecule has 1 aromatic carbocycles. The Balaban J connectivity index is 1.25. The lowest BCUT2D eigenvalue weighted by molar-refractivity contribution is 0.186. The molecule has 0 aliphatic carbocycles. The zero-order valence-corrected chi connectivity index (χ0v) is 26.4. The Morgan fingerprint density at radius 2 is 1.74 bits per heavy atom. The number of hydrogen-bond acceptors (Lipinski definition) is 10. The van der Waals surface area contributed by atoms with Crippen LogP contribution in [0, 0.1) is 0 Å². The second kappa shape index (κ2) is 13.3. The second-order valence-electron chi connectivity index (χ2n) is 12.3. The predicted molar refractivity (Wildman–Crippen MR) is 181 cm³/mol. The molecule has 1 atom stereocenters. The van der Waals surface area contributed by atoms with Crippen molar-refractivity contribution < 1.29 is 0 Å². The van der Waals surface area contributed by atoms with Crippen LogP contribution < -0.4 is 21.1 Å². The molecule has 4 aromatic heterocycles. The maximum atomic E-state index is 14.4. The highest BCUT2D eigenvalue weighted by Crippen LogP contribution is 2.30. The third-order valence-corrected chi connectivity index (χ3v) is 9.41. The first-order valence-corrected chi connectivity index (χ1v) is 16.2. The van der Waals surface area contributed by atoms with Crippen LogP contribution in [0.1, 0.15) is 49.4 Å². The molecule has 0 spiro atoms. The van der Waals surface area contributed by atoms with Gasteiger partial charge in [-0.15, -0.1) is 0 Å². The van der Waals surface area contributed by atoms with Crippen LogP contribution in [0.25, 0.3) is 22.3 Å². The number of pyridine rings is 2. The molecule has 11 nitrogen and oxygen atoms in total. The average molecular weight is 617 g/mol. The molecule has 11 heteroatoms. The Labute approximate surface area is 268 Å². The van der Waals surface area contributed by atoms with E-state index in [2.05, 4.69) is 78.7 Å². The van der Waals surface area contributed by atoms with Gasteiger partial charge < -0.3 is 15.5 Å². The van der Waals surface area contributed by atoms with Gasteiger partial charge in [0.2, 0.25) is 5.95 Å². The van der Waals surface area contributed by atoms with Crippen LogP contribution in [0.5, 0.6) is 0 Å². The van der Waals surface area contributed by atoms with Crippen molar-refractivity contribution in [2.75, 3.05) is 43.9 Å². The van der Waals surface area contributed by atoms with Crippen LogP contribution in [0.4, 0.5) is 17.3 Å². The van der Waals surface area contributed by atoms with Gasteiger partial charge in [-0.3, -0.25) is 29.2 Å². The number of fused-ring (bicyclic) bond motifs is 1. The van der Waals surface area contributed by atoms with E-state index in [1.54, 1.807) is 29.4 Å². The van der Waals surface area contributed by atoms with E-state index in [1.807, 2.05) is 24.4 Å². The van der Waals surface area contributed by atoms with Crippen molar-refractivity contribution in [3.05, 3.63) is 95.1 Å². The summed E-state index contributed by atoms with van der Waals surface area (Å²) in [6.07, 6.45) is 14.1. The number of piperidine rings is 2. The monoisotopic (exact) mass is 616 g/mol. The van der Waals surface area contributed by atoms with Gasteiger partial charge in [0.1, 0.15) is 5.65 Å². The van der Waals surface area contributed by atoms with E-state index in [1.165, 1.54) is 5.69 Å². The summed E-state index contributed by atoms with van der Waals surface area (Å²) >= 11 is 0. The average Bonchev–Trinajstić information content (AvgIpc) is 3.11. The summed E-state index contributed by atoms with van der Waals surface area (Å²) in [7, 11) is 4.27. The molecule has 6 heterocycles. The third kappa shape index (κ3) is 6.20. The third-order valence-electron chi connectivity index (χ3n) is 9.41. The predicted octanol–water partition coefficient (Wildman–Crippen LogP) is 4.78. The SMILES string of the molecule is CN1CCCCC1c1cc2cnc(Nc3ccc(N(C)C4CCNCC4)cc3)nc2n(Cc2nccnc2-c2ccncc2)c1=O. The summed E-state index contributed by atoms with van der Waals surface area (Å²) in [5.74, 6) is 0.427. The quantitative estimate of drug-likeness (QED) is 0.252. The Hall–Kier alpha value is -4.74. The molecular weight excluding hydrogens is 576 g/mol. The van der Waals surface area contributed by atoms with Gasteiger partial charge in [0, 0.05) is 78.0 Å². The van der Waals surface area contributed by atoms with Gasteiger partial charge in [-0.05, 0) is 94.8 Å². The van der Waals surface area contributed by atoms with Gasteiger partial charge in [-0.25, -0.2) is 4.98 Å². The zero-order chi connectivity index (χ0) is 31.5. The molecular formula is C35H40N10O. The van der Waals surface area contributed by atoms with E-state index >= 15 is 0 Å². The molecule has 46 heavy (non-hydrogen) atoms. The molecule has 5 aromatic rings. The second-order valence-corrected chi connectivity index (χ2v) is 12.3. The van der Waals surface area contributed by atoms with Crippen molar-refractivity contribution in [1.29, 1.82) is 0 Å². The fraction of sp³-hybridized carbons (Fsp3) is 0.371. The van der Waals surface area contributed by atoms with Crippen molar-refractivity contribution in [2.24, 2.45) is 0 Å². The summed E-state index contributed by atoms with van der Waals surface area (Å²) in [5.41, 5.74) is 5.61. The number of likely N-dealkylation sites (tertiary alicyclic amines) is 1. The van der Waals surface area contributed by atoms with E-state index in [0.29, 0.717) is 29.0 Å². The lowest BCUT2D eigenvalue weighted by Gasteiger charge is -2.33. The number of benzene rings is 1. The zero-order valence-electron chi connectivity index (χ0n) is 26.4. The largest absolute Gasteiger partial charge is 0.372 e. The standard InChI is InChI=1S/C35H40N10O/c1-43-20-4-3-5-31(43)29-21-25-22-40-35(41-26-6-8-27(9-7-26)44(2)28-12-16-37-17-13-28)42-33(25)45(34(29)46)23-30-32(39-19-18-38-30)24-10-14-36-15-11-24/h6-11,14-15,18-19,21-22,28,31,37H,3-5,12-13,16-17,20,23H2,1-2H3,(H,40,41,42). The van der Waals surface area contributed by atoms with Crippen molar-refractivity contribution in [2.45, 2.75) is 50.7 Å². The molecule has 2 aliphatic heterocycles. The normalized spacial score (nSPS) is 17.7. The molecule has 0 saturated carbocycles. The van der Waals surface area contributed by atoms with Crippen LogP contribution in [-0.2, 0) is 6.54 Å². The highest BCUT2D eigenvalue weighted by atomic mass is 16.1. The summed E-state index contributed by atoms with van der Waals surface area (Å²) < 4.78 is 1.74. The highest BCUT2D eigenvalue weighted by Gasteiger charge is 2.26. The molecule has 2 aliphatic rings. The maximum Gasteiger partial charge on any atom is 0.257 e. The van der Waals surface area contributed by atoms with E-state index < -0.39 is 0 Å². The molecule has 7 rings (SSSR count). The van der Waals surface area contributed by atoms with Crippen molar-refractivity contribution in [3.63, 3.8) is 0 Å². The molecule has 2 fully saturated rings. The minimum atomic E-state index is -0.0625. The lowest BCUT2D eigenvalue weighted by atomic mass is 9.96. The Bertz CT molecular complexity index is 1850. The van der Waals surface area contributed by atoms with Gasteiger partial charge in [-0.2, -0.15) is 4.98 Å². The lowest BCUT2D eigenvalue weighted by Crippen LogP contribution is -2.41. The Morgan fingerprint density at radius 3 is 2.52 bits per heavy atom. The van der Waals surface area contributed by atoms with E-state index in [-0.39, 0.29) is 18.1 Å². The molecule has 0 amide bonds. The number of anilines is 3. The molecule has 0 radical (unpaired) electrons. The van der Waals surface area contributed by atoms with Crippen LogP contribution in [-0.4, -0.2) is 74.2 Å². The van der Waals surface area contributed by atoms with Gasteiger partial charge >= 0.3 is 0 Å². The van der Waals surface area contributed by atoms with Crippen molar-refractivity contribution in [1.82, 2.24) is 39.7 Å². The summed E-state index contributed by atoms with van der Waals surface area (Å²) in [6, 6.07) is 14.7. The Kier molecular flexibility index (Phi) is 8.67. The number of nitrogens with zero attached hydrogens (tertiary/aromatic N) is 8. The number of rotatable bonds is 8. The fourth-order valence-corrected chi connectivity index (χ4v) is 6.79. The smallest absolute Gasteiger partial charge is 0.257 e. The number of aromatic nitrogens is 6. The number of hydrogen-bond donors (Lipinski definition) is 2. The molecule has 1 unspecified atom stereocenters. The fourth-order valence-electron chi connectivity index (χ4n) is 6.79. The number of nitrogens with one attached hydrogen (secondary N) is 2. The van der Waals surface area contributed by atoms with E-state index in [4.69, 9.17) is 4.98 Å². The topological polar surface area (TPSA) is 117 Å². The first-order chi connectivity index (χ1) is 22.5. The van der Waals surface area contributed by atoms with Crippen LogP contribution in [0.2, 0.25) is 0 Å². The van der Waals surface area contributed by atoms with Gasteiger partial charge in [-0.1, -0.05) is 6.42 Å². The first-order valence-electron chi connectivity index (χ1n) is 16.2. The Morgan fingerprint density at radius 1 is 0.957 bits per heavy atom. The van der Waals surface area contributed by atoms with Crippen LogP contribution in [0.3, 0.4) is 0 Å². The van der Waals surface area contributed by atoms with Gasteiger partial charge in [0.15, 0.2) is 0 Å². The van der Waals surface area contributed by atoms with Crippen LogP contribution in [0.15, 0.2) is 78.2 Å². The van der Waals surface area contributed by atoms with E-state index in [0.717, 1.165) is 73.9 Å². The molecule has 2 N–H and O–H groups in total. The molecule has 0 bridgehead atoms. The first kappa shape index (κ1) is 29.9. The van der Waals surface area contributed by atoms with Crippen molar-refractivity contribution in [3.8, 4) is 11.3 Å². The molecule has 236 valence electrons. The summed E-state index contributed by atoms with van der Waals surface area (Å²) in [4.78, 5) is 42.1. The summed E-state index contributed by atoms with van der Waals surface area (Å²) in [5, 5.41) is 7.62. The van der Waals surface area contributed by atoms with Gasteiger partial charge in [0.25, 0.3) is 5.56 Å².